The highest BCUT2D eigenvalue weighted by atomic mass is 19.1. The summed E-state index contributed by atoms with van der Waals surface area (Å²) in [6, 6.07) is 16.2. The number of rotatable bonds is 10. The molecular formula is C31H25F2N5O6. The van der Waals surface area contributed by atoms with Gasteiger partial charge in [-0.3, -0.25) is 10.4 Å². The highest BCUT2D eigenvalue weighted by Gasteiger charge is 2.27. The lowest BCUT2D eigenvalue weighted by molar-refractivity contribution is -0.131. The normalized spacial score (nSPS) is 12.7. The SMILES string of the molecule is CN1CCN=C1c1cccc(Oc2nc(Oc3cc(C(=N)N)ccc3O)c(F)c(Oc3cccc(/C=C/C(=O)O)c3)c2F)c1. The van der Waals surface area contributed by atoms with Crippen molar-refractivity contribution in [3.63, 3.8) is 0 Å². The number of nitrogens with one attached hydrogen (secondary N) is 1. The molecule has 5 rings (SSSR count). The summed E-state index contributed by atoms with van der Waals surface area (Å²) in [6.07, 6.45) is 2.18. The molecule has 11 nitrogen and oxygen atoms in total. The number of aliphatic imine (C=N–C) groups is 1. The number of benzene rings is 3. The summed E-state index contributed by atoms with van der Waals surface area (Å²) in [5.41, 5.74) is 6.78. The number of hydrogen-bond donors (Lipinski definition) is 4. The molecule has 13 heteroatoms. The first kappa shape index (κ1) is 29.5. The van der Waals surface area contributed by atoms with Crippen molar-refractivity contribution in [1.82, 2.24) is 9.88 Å². The summed E-state index contributed by atoms with van der Waals surface area (Å²) in [7, 11) is 1.89. The maximum absolute atomic E-state index is 15.9. The number of amidine groups is 2. The van der Waals surface area contributed by atoms with E-state index in [9.17, 15) is 9.90 Å². The van der Waals surface area contributed by atoms with Crippen molar-refractivity contribution >= 4 is 23.7 Å². The van der Waals surface area contributed by atoms with Gasteiger partial charge >= 0.3 is 5.97 Å². The summed E-state index contributed by atoms with van der Waals surface area (Å²) in [6.45, 7) is 1.36. The number of aromatic nitrogens is 1. The number of aromatic hydroxyl groups is 1. The minimum Gasteiger partial charge on any atom is -0.504 e. The number of hydrogen-bond acceptors (Lipinski definition) is 9. The first-order valence-electron chi connectivity index (χ1n) is 13.1. The molecule has 4 aromatic rings. The van der Waals surface area contributed by atoms with Gasteiger partial charge < -0.3 is 35.1 Å². The monoisotopic (exact) mass is 601 g/mol. The van der Waals surface area contributed by atoms with Gasteiger partial charge in [0.05, 0.1) is 6.54 Å². The fourth-order valence-electron chi connectivity index (χ4n) is 4.19. The number of aliphatic carboxylic acids is 1. The number of phenolic OH excluding ortho intramolecular Hbond substituents is 1. The quantitative estimate of drug-likeness (QED) is 0.104. The number of nitrogens with two attached hydrogens (primary N) is 1. The van der Waals surface area contributed by atoms with Crippen LogP contribution >= 0.6 is 0 Å². The van der Waals surface area contributed by atoms with Crippen molar-refractivity contribution in [1.29, 1.82) is 5.41 Å². The van der Waals surface area contributed by atoms with Crippen LogP contribution in [0, 0.1) is 17.0 Å². The van der Waals surface area contributed by atoms with Crippen LogP contribution in [0.15, 0.2) is 77.8 Å². The molecule has 0 saturated heterocycles. The second-order valence-electron chi connectivity index (χ2n) is 9.48. The van der Waals surface area contributed by atoms with E-state index in [1.165, 1.54) is 42.5 Å². The van der Waals surface area contributed by atoms with E-state index >= 15 is 8.78 Å². The molecule has 1 aliphatic rings. The fraction of sp³-hybridized carbons (Fsp3) is 0.0968. The smallest absolute Gasteiger partial charge is 0.328 e. The second kappa shape index (κ2) is 12.5. The van der Waals surface area contributed by atoms with Crippen molar-refractivity contribution in [2.24, 2.45) is 10.7 Å². The Hall–Kier alpha value is -5.98. The van der Waals surface area contributed by atoms with Crippen LogP contribution in [0.4, 0.5) is 8.78 Å². The van der Waals surface area contributed by atoms with Crippen molar-refractivity contribution in [3.8, 4) is 40.5 Å². The largest absolute Gasteiger partial charge is 0.504 e. The van der Waals surface area contributed by atoms with Gasteiger partial charge in [0.1, 0.15) is 23.2 Å². The molecule has 1 aromatic heterocycles. The molecule has 0 saturated carbocycles. The molecular weight excluding hydrogens is 576 g/mol. The molecule has 0 fully saturated rings. The number of nitrogens with zero attached hydrogens (tertiary/aromatic N) is 3. The standard InChI is InChI=1S/C31H25F2N5O6/c1-38-13-12-36-29(38)19-5-3-7-21(15-19)43-30-25(32)27(42-20-6-2-4-17(14-20)8-11-24(40)41)26(33)31(37-30)44-23-16-18(28(34)35)9-10-22(23)39/h2-11,14-16,39H,12-13H2,1H3,(H3,34,35)(H,40,41)/b11-8+. The number of halogens is 2. The van der Waals surface area contributed by atoms with Gasteiger partial charge in [-0.1, -0.05) is 24.3 Å². The average molecular weight is 602 g/mol. The summed E-state index contributed by atoms with van der Waals surface area (Å²) in [4.78, 5) is 21.2. The van der Waals surface area contributed by atoms with Crippen LogP contribution in [0.5, 0.6) is 40.5 Å². The molecule has 0 amide bonds. The van der Waals surface area contributed by atoms with E-state index in [1.807, 2.05) is 18.0 Å². The lowest BCUT2D eigenvalue weighted by atomic mass is 10.2. The van der Waals surface area contributed by atoms with Gasteiger partial charge in [0, 0.05) is 30.8 Å². The molecule has 0 bridgehead atoms. The summed E-state index contributed by atoms with van der Waals surface area (Å²) >= 11 is 0. The van der Waals surface area contributed by atoms with Crippen LogP contribution in [0.1, 0.15) is 16.7 Å². The molecule has 5 N–H and O–H groups in total. The van der Waals surface area contributed by atoms with Crippen LogP contribution in [-0.2, 0) is 4.79 Å². The number of pyridine rings is 1. The van der Waals surface area contributed by atoms with Crippen LogP contribution in [0.3, 0.4) is 0 Å². The minimum absolute atomic E-state index is 0.0378. The first-order chi connectivity index (χ1) is 21.1. The van der Waals surface area contributed by atoms with Gasteiger partial charge in [-0.25, -0.2) is 4.79 Å². The predicted octanol–water partition coefficient (Wildman–Crippen LogP) is 5.52. The van der Waals surface area contributed by atoms with Gasteiger partial charge in [0.2, 0.25) is 17.4 Å². The van der Waals surface area contributed by atoms with Crippen LogP contribution in [0.25, 0.3) is 6.08 Å². The molecule has 224 valence electrons. The van der Waals surface area contributed by atoms with E-state index in [0.717, 1.165) is 12.6 Å². The third kappa shape index (κ3) is 6.57. The van der Waals surface area contributed by atoms with Crippen molar-refractivity contribution in [3.05, 3.63) is 101 Å². The zero-order chi connectivity index (χ0) is 31.4. The molecule has 0 aliphatic carbocycles. The Morgan fingerprint density at radius 1 is 1.00 bits per heavy atom. The Morgan fingerprint density at radius 2 is 1.70 bits per heavy atom. The lowest BCUT2D eigenvalue weighted by Gasteiger charge is -2.16. The number of carboxylic acid groups (broad SMARTS) is 1. The van der Waals surface area contributed by atoms with Crippen LogP contribution in [-0.4, -0.2) is 57.9 Å². The summed E-state index contributed by atoms with van der Waals surface area (Å²) < 4.78 is 48.5. The molecule has 44 heavy (non-hydrogen) atoms. The van der Waals surface area contributed by atoms with Crippen LogP contribution in [0.2, 0.25) is 0 Å². The van der Waals surface area contributed by atoms with Gasteiger partial charge in [-0.05, 0) is 54.1 Å². The number of carboxylic acids is 1. The third-order valence-electron chi connectivity index (χ3n) is 6.32. The van der Waals surface area contributed by atoms with Crippen molar-refractivity contribution in [2.75, 3.05) is 20.1 Å². The van der Waals surface area contributed by atoms with E-state index in [0.29, 0.717) is 23.5 Å². The third-order valence-corrected chi connectivity index (χ3v) is 6.32. The summed E-state index contributed by atoms with van der Waals surface area (Å²) in [5, 5.41) is 26.9. The van der Waals surface area contributed by atoms with Gasteiger partial charge in [0.15, 0.2) is 11.5 Å². The zero-order valence-corrected chi connectivity index (χ0v) is 23.1. The lowest BCUT2D eigenvalue weighted by Crippen LogP contribution is -2.23. The molecule has 0 unspecified atom stereocenters. The van der Waals surface area contributed by atoms with E-state index < -0.39 is 40.9 Å². The zero-order valence-electron chi connectivity index (χ0n) is 23.1. The highest BCUT2D eigenvalue weighted by molar-refractivity contribution is 6.00. The van der Waals surface area contributed by atoms with E-state index in [1.54, 1.807) is 24.3 Å². The Bertz CT molecular complexity index is 1830. The van der Waals surface area contributed by atoms with Gasteiger partial charge in [0.25, 0.3) is 11.8 Å². The average Bonchev–Trinajstić information content (AvgIpc) is 3.43. The van der Waals surface area contributed by atoms with E-state index in [2.05, 4.69) is 9.98 Å². The molecule has 0 radical (unpaired) electrons. The molecule has 1 aliphatic heterocycles. The Labute approximate surface area is 249 Å². The first-order valence-corrected chi connectivity index (χ1v) is 13.1. The number of phenols is 1. The number of nitrogen functional groups attached to an aromatic ring is 1. The molecule has 2 heterocycles. The highest BCUT2D eigenvalue weighted by Crippen LogP contribution is 2.41. The van der Waals surface area contributed by atoms with E-state index in [4.69, 9.17) is 30.5 Å². The summed E-state index contributed by atoms with van der Waals surface area (Å²) in [5.74, 6) is -6.58. The topological polar surface area (TPSA) is 164 Å². The van der Waals surface area contributed by atoms with Gasteiger partial charge in [-0.2, -0.15) is 13.8 Å². The number of likely N-dealkylation sites (N-methyl/N-ethyl adjacent to an activating group) is 1. The van der Waals surface area contributed by atoms with E-state index in [-0.39, 0.29) is 28.6 Å². The maximum atomic E-state index is 15.9. The Balaban J connectivity index is 1.57. The maximum Gasteiger partial charge on any atom is 0.328 e. The second-order valence-corrected chi connectivity index (χ2v) is 9.48. The van der Waals surface area contributed by atoms with Crippen molar-refractivity contribution < 1.29 is 38.0 Å². The Morgan fingerprint density at radius 3 is 2.39 bits per heavy atom. The van der Waals surface area contributed by atoms with Crippen molar-refractivity contribution in [2.45, 2.75) is 0 Å². The Kier molecular flexibility index (Phi) is 8.37. The molecule has 0 spiro atoms. The fourth-order valence-corrected chi connectivity index (χ4v) is 4.19. The molecule has 0 atom stereocenters. The predicted molar refractivity (Wildman–Crippen MR) is 157 cm³/mol. The molecule has 3 aromatic carbocycles. The number of carbonyl (C=O) groups is 1. The minimum atomic E-state index is -1.37. The van der Waals surface area contributed by atoms with Crippen LogP contribution < -0.4 is 19.9 Å². The van der Waals surface area contributed by atoms with Gasteiger partial charge in [-0.15, -0.1) is 0 Å². The number of ether oxygens (including phenoxy) is 3.